The molecule has 11 heavy (non-hydrogen) atoms. The predicted molar refractivity (Wildman–Crippen MR) is 45.4 cm³/mol. The summed E-state index contributed by atoms with van der Waals surface area (Å²) in [6, 6.07) is 4.78. The van der Waals surface area contributed by atoms with Crippen LogP contribution in [-0.4, -0.2) is 0 Å². The van der Waals surface area contributed by atoms with Gasteiger partial charge in [-0.3, -0.25) is 0 Å². The minimum absolute atomic E-state index is 0. The van der Waals surface area contributed by atoms with Crippen molar-refractivity contribution in [2.75, 3.05) is 0 Å². The molecule has 0 spiro atoms. The van der Waals surface area contributed by atoms with Crippen LogP contribution < -0.4 is 0 Å². The molecule has 0 aromatic heterocycles. The van der Waals surface area contributed by atoms with Crippen LogP contribution in [0.5, 0.6) is 0 Å². The molecule has 0 bridgehead atoms. The predicted octanol–water partition coefficient (Wildman–Crippen LogP) is 3.10. The van der Waals surface area contributed by atoms with Crippen molar-refractivity contribution in [2.45, 2.75) is 5.02 Å². The average molecular weight is 290 g/mol. The molecule has 1 aromatic rings. The summed E-state index contributed by atoms with van der Waals surface area (Å²) in [7, 11) is 0. The molecule has 0 unspecified atom stereocenters. The van der Waals surface area contributed by atoms with E-state index in [0.29, 0.717) is 10.6 Å². The van der Waals surface area contributed by atoms with E-state index in [1.54, 1.807) is 12.1 Å². The van der Waals surface area contributed by atoms with E-state index in [-0.39, 0.29) is 22.8 Å². The van der Waals surface area contributed by atoms with Gasteiger partial charge in [0.25, 0.3) is 0 Å². The quantitative estimate of drug-likeness (QED) is 0.697. The second-order valence-corrected chi connectivity index (χ2v) is 3.41. The summed E-state index contributed by atoms with van der Waals surface area (Å²) < 4.78 is 12.8. The van der Waals surface area contributed by atoms with Crippen molar-refractivity contribution in [1.29, 1.82) is 0 Å². The van der Waals surface area contributed by atoms with Crippen molar-refractivity contribution >= 4 is 28.6 Å². The van der Waals surface area contributed by atoms with Crippen molar-refractivity contribution in [3.63, 3.8) is 0 Å². The van der Waals surface area contributed by atoms with Crippen LogP contribution in [0.4, 0.5) is 4.39 Å². The third-order valence-corrected chi connectivity index (χ3v) is 2.71. The Balaban J connectivity index is 0.000001000. The zero-order valence-corrected chi connectivity index (χ0v) is 11.2. The van der Waals surface area contributed by atoms with E-state index in [9.17, 15) is 4.39 Å². The van der Waals surface area contributed by atoms with Crippen molar-refractivity contribution in [3.8, 4) is 0 Å². The Morgan fingerprint density at radius 1 is 1.45 bits per heavy atom. The Hall–Kier alpha value is 0.543. The van der Waals surface area contributed by atoms with Crippen molar-refractivity contribution < 1.29 is 22.7 Å². The molecule has 0 heterocycles. The molecule has 0 aliphatic rings. The molecule has 0 fully saturated rings. The van der Waals surface area contributed by atoms with E-state index in [4.69, 9.17) is 11.6 Å². The Morgan fingerprint density at radius 2 is 2.09 bits per heavy atom. The van der Waals surface area contributed by atoms with Gasteiger partial charge in [-0.05, 0) is 0 Å². The first kappa shape index (κ1) is 11.5. The number of rotatable bonds is 1. The average Bonchev–Trinajstić information content (AvgIpc) is 1.88. The molecule has 0 aliphatic heterocycles. The summed E-state index contributed by atoms with van der Waals surface area (Å²) in [6.45, 7) is 0. The Kier molecular flexibility index (Phi) is 5.49. The summed E-state index contributed by atoms with van der Waals surface area (Å²) in [5.74, 6) is -0.182. The number of hydrogen-bond donors (Lipinski definition) is 0. The molecule has 1 aromatic carbocycles. The van der Waals surface area contributed by atoms with Gasteiger partial charge >= 0.3 is 73.9 Å². The molecular formula is C7H6BrClFZn. The molecule has 0 saturated carbocycles. The third-order valence-electron chi connectivity index (χ3n) is 1.31. The van der Waals surface area contributed by atoms with E-state index in [0.717, 1.165) is 23.3 Å². The summed E-state index contributed by atoms with van der Waals surface area (Å²) in [4.78, 5) is 0. The molecule has 57 valence electrons. The van der Waals surface area contributed by atoms with E-state index in [1.165, 1.54) is 6.07 Å². The Labute approximate surface area is 90.6 Å². The maximum absolute atomic E-state index is 12.8. The van der Waals surface area contributed by atoms with E-state index in [2.05, 4.69) is 0 Å². The van der Waals surface area contributed by atoms with E-state index in [1.807, 2.05) is 0 Å². The normalized spacial score (nSPS) is 9.09. The Bertz CT molecular complexity index is 222. The van der Waals surface area contributed by atoms with Gasteiger partial charge in [0.05, 0.1) is 0 Å². The second kappa shape index (κ2) is 5.24. The molecule has 0 aliphatic carbocycles. The molecule has 0 N–H and O–H groups in total. The van der Waals surface area contributed by atoms with Gasteiger partial charge in [0.15, 0.2) is 0 Å². The third kappa shape index (κ3) is 2.81. The van der Waals surface area contributed by atoms with Gasteiger partial charge in [0.2, 0.25) is 0 Å². The van der Waals surface area contributed by atoms with Crippen LogP contribution in [0.2, 0.25) is 5.02 Å². The first-order chi connectivity index (χ1) is 4.75. The summed E-state index contributed by atoms with van der Waals surface area (Å²) in [5, 5.41) is 1.32. The van der Waals surface area contributed by atoms with E-state index >= 15 is 0 Å². The van der Waals surface area contributed by atoms with Crippen LogP contribution in [0.15, 0.2) is 18.2 Å². The van der Waals surface area contributed by atoms with E-state index < -0.39 is 0 Å². The fraction of sp³-hybridized carbons (Fsp3) is 0.143. The molecule has 0 saturated heterocycles. The van der Waals surface area contributed by atoms with Crippen LogP contribution in [-0.2, 0) is 23.3 Å². The Morgan fingerprint density at radius 3 is 2.45 bits per heavy atom. The number of halogens is 3. The molecule has 0 amide bonds. The van der Waals surface area contributed by atoms with Crippen molar-refractivity contribution in [1.82, 2.24) is 0 Å². The van der Waals surface area contributed by atoms with Crippen molar-refractivity contribution in [3.05, 3.63) is 34.6 Å². The van der Waals surface area contributed by atoms with Crippen molar-refractivity contribution in [2.24, 2.45) is 0 Å². The number of benzene rings is 1. The van der Waals surface area contributed by atoms with Gasteiger partial charge in [0.1, 0.15) is 0 Å². The number of hydrogen-bond acceptors (Lipinski definition) is 0. The van der Waals surface area contributed by atoms with Crippen LogP contribution in [0.1, 0.15) is 5.56 Å². The van der Waals surface area contributed by atoms with Gasteiger partial charge in [-0.2, -0.15) is 0 Å². The van der Waals surface area contributed by atoms with Crippen LogP contribution in [0.3, 0.4) is 0 Å². The van der Waals surface area contributed by atoms with Gasteiger partial charge in [0, 0.05) is 0 Å². The van der Waals surface area contributed by atoms with Gasteiger partial charge < -0.3 is 0 Å². The monoisotopic (exact) mass is 287 g/mol. The molecule has 1 rings (SSSR count). The minimum atomic E-state index is -0.182. The van der Waals surface area contributed by atoms with Crippen LogP contribution >= 0.6 is 28.6 Å². The topological polar surface area (TPSA) is 0 Å². The van der Waals surface area contributed by atoms with Crippen LogP contribution in [0.25, 0.3) is 0 Å². The summed E-state index contributed by atoms with van der Waals surface area (Å²) in [6.07, 6.45) is 0. The molecule has 0 radical (unpaired) electrons. The zero-order valence-electron chi connectivity index (χ0n) is 5.81. The summed E-state index contributed by atoms with van der Waals surface area (Å²) in [5.41, 5.74) is 0.657. The molecule has 0 atom stereocenters. The SMILES string of the molecule is Br.Fc1cccc(Cl)c1[CH2][Zn]. The molecular weight excluding hydrogens is 284 g/mol. The van der Waals surface area contributed by atoms with Crippen LogP contribution in [0, 0.1) is 5.82 Å². The fourth-order valence-electron chi connectivity index (χ4n) is 0.771. The fourth-order valence-corrected chi connectivity index (χ4v) is 2.43. The second-order valence-electron chi connectivity index (χ2n) is 1.95. The van der Waals surface area contributed by atoms with Gasteiger partial charge in [-0.1, -0.05) is 0 Å². The van der Waals surface area contributed by atoms with Gasteiger partial charge in [-0.25, -0.2) is 0 Å². The standard InChI is InChI=1S/C7H5ClF.BrH.Zn/c1-5-6(8)3-2-4-7(5)9;;/h2-4H,1H2;1H;. The first-order valence-corrected chi connectivity index (χ1v) is 5.45. The molecule has 0 nitrogen and oxygen atoms in total. The maximum atomic E-state index is 12.8. The first-order valence-electron chi connectivity index (χ1n) is 2.98. The molecule has 4 heteroatoms. The zero-order chi connectivity index (χ0) is 7.56. The summed E-state index contributed by atoms with van der Waals surface area (Å²) >= 11 is 6.75. The van der Waals surface area contributed by atoms with Gasteiger partial charge in [-0.15, -0.1) is 17.0 Å².